The van der Waals surface area contributed by atoms with Crippen LogP contribution in [-0.2, 0) is 0 Å². The topological polar surface area (TPSA) is 20.2 Å². The summed E-state index contributed by atoms with van der Waals surface area (Å²) in [6, 6.07) is 4.52. The second-order valence-electron chi connectivity index (χ2n) is 6.44. The Hall–Kier alpha value is -1.77. The second-order valence-corrected chi connectivity index (χ2v) is 7.39. The maximum Gasteiger partial charge on any atom is 0.460 e. The van der Waals surface area contributed by atoms with Crippen molar-refractivity contribution in [1.82, 2.24) is 0 Å². The fourth-order valence-electron chi connectivity index (χ4n) is 2.48. The van der Waals surface area contributed by atoms with E-state index in [9.17, 15) is 62.2 Å². The van der Waals surface area contributed by atoms with E-state index in [-0.39, 0.29) is 0 Å². The molecule has 1 unspecified atom stereocenters. The molecule has 1 aromatic carbocycles. The summed E-state index contributed by atoms with van der Waals surface area (Å²) in [7, 11) is 0. The lowest BCUT2D eigenvalue weighted by Crippen LogP contribution is -2.70. The number of fused-ring (bicyclic) bond motifs is 1. The van der Waals surface area contributed by atoms with Crippen molar-refractivity contribution < 1.29 is 62.2 Å². The summed E-state index contributed by atoms with van der Waals surface area (Å²) in [6.07, 6.45) is -12.8. The van der Waals surface area contributed by atoms with Crippen molar-refractivity contribution in [2.45, 2.75) is 48.3 Å². The minimum Gasteiger partial charge on any atom is -0.388 e. The van der Waals surface area contributed by atoms with Crippen LogP contribution in [0.15, 0.2) is 29.6 Å². The van der Waals surface area contributed by atoms with Gasteiger partial charge in [-0.05, 0) is 34.5 Å². The molecule has 1 N–H and O–H groups in total. The van der Waals surface area contributed by atoms with Gasteiger partial charge in [-0.2, -0.15) is 57.1 Å². The number of hydrogen-bond acceptors (Lipinski definition) is 2. The summed E-state index contributed by atoms with van der Waals surface area (Å²) in [5.41, 5.74) is -0.544. The molecular formula is C16H9F13OS. The third-order valence-electron chi connectivity index (χ3n) is 4.31. The van der Waals surface area contributed by atoms with Crippen LogP contribution in [0.3, 0.4) is 0 Å². The second kappa shape index (κ2) is 7.39. The van der Waals surface area contributed by atoms with Crippen molar-refractivity contribution in [2.75, 3.05) is 0 Å². The summed E-state index contributed by atoms with van der Waals surface area (Å²) in [5, 5.41) is 11.5. The maximum absolute atomic E-state index is 13.9. The SMILES string of the molecule is OC(CC(F)(F)C(F)(F)C(F)(F)C(F)(F)C(F)(F)C(F)(F)F)c1ccc2sccc2c1. The van der Waals surface area contributed by atoms with Crippen molar-refractivity contribution in [3.8, 4) is 0 Å². The number of aliphatic hydroxyl groups is 1. The van der Waals surface area contributed by atoms with Crippen LogP contribution in [0.2, 0.25) is 0 Å². The number of alkyl halides is 13. The van der Waals surface area contributed by atoms with Crippen LogP contribution >= 0.6 is 11.3 Å². The number of benzene rings is 1. The molecule has 15 heteroatoms. The number of halogens is 13. The van der Waals surface area contributed by atoms with E-state index in [1.54, 1.807) is 0 Å². The van der Waals surface area contributed by atoms with Gasteiger partial charge in [0, 0.05) is 11.1 Å². The van der Waals surface area contributed by atoms with Crippen molar-refractivity contribution in [3.05, 3.63) is 35.2 Å². The smallest absolute Gasteiger partial charge is 0.388 e. The number of hydrogen-bond donors (Lipinski definition) is 1. The lowest BCUT2D eigenvalue weighted by Gasteiger charge is -2.40. The van der Waals surface area contributed by atoms with Crippen LogP contribution in [0.25, 0.3) is 10.1 Å². The third-order valence-corrected chi connectivity index (χ3v) is 5.21. The zero-order chi connectivity index (χ0) is 24.3. The largest absolute Gasteiger partial charge is 0.460 e. The Morgan fingerprint density at radius 2 is 1.23 bits per heavy atom. The van der Waals surface area contributed by atoms with E-state index in [0.717, 1.165) is 23.5 Å². The van der Waals surface area contributed by atoms with Gasteiger partial charge >= 0.3 is 35.8 Å². The number of thiophene rings is 1. The molecular weight excluding hydrogens is 487 g/mol. The Kier molecular flexibility index (Phi) is 6.07. The number of aliphatic hydroxyl groups excluding tert-OH is 1. The van der Waals surface area contributed by atoms with Crippen molar-refractivity contribution >= 4 is 21.4 Å². The average molecular weight is 496 g/mol. The molecule has 0 radical (unpaired) electrons. The van der Waals surface area contributed by atoms with Crippen LogP contribution in [0.5, 0.6) is 0 Å². The molecule has 0 amide bonds. The van der Waals surface area contributed by atoms with E-state index in [1.165, 1.54) is 17.5 Å². The fraction of sp³-hybridized carbons (Fsp3) is 0.500. The first kappa shape index (κ1) is 25.5. The molecule has 0 saturated carbocycles. The highest BCUT2D eigenvalue weighted by Crippen LogP contribution is 2.61. The van der Waals surface area contributed by atoms with Gasteiger partial charge in [-0.3, -0.25) is 0 Å². The maximum atomic E-state index is 13.9. The van der Waals surface area contributed by atoms with Gasteiger partial charge in [0.25, 0.3) is 0 Å². The molecule has 0 saturated heterocycles. The molecule has 1 atom stereocenters. The highest BCUT2D eigenvalue weighted by atomic mass is 32.1. The van der Waals surface area contributed by atoms with Gasteiger partial charge in [0.15, 0.2) is 0 Å². The van der Waals surface area contributed by atoms with E-state index in [0.29, 0.717) is 10.1 Å². The Balaban J connectivity index is 2.40. The Morgan fingerprint density at radius 1 is 0.710 bits per heavy atom. The van der Waals surface area contributed by atoms with Crippen molar-refractivity contribution in [1.29, 1.82) is 0 Å². The molecule has 2 aromatic rings. The molecule has 0 aliphatic heterocycles. The zero-order valence-electron chi connectivity index (χ0n) is 14.4. The summed E-state index contributed by atoms with van der Waals surface area (Å²) in [4.78, 5) is 0. The normalized spacial score (nSPS) is 16.1. The van der Waals surface area contributed by atoms with Gasteiger partial charge in [-0.25, -0.2) is 0 Å². The first-order valence-electron chi connectivity index (χ1n) is 7.82. The summed E-state index contributed by atoms with van der Waals surface area (Å²) >= 11 is 1.14. The van der Waals surface area contributed by atoms with Crippen LogP contribution in [0, 0.1) is 0 Å². The molecule has 2 rings (SSSR count). The molecule has 1 nitrogen and oxygen atoms in total. The minimum atomic E-state index is -7.95. The van der Waals surface area contributed by atoms with E-state index in [1.807, 2.05) is 0 Å². The highest BCUT2D eigenvalue weighted by molar-refractivity contribution is 7.17. The lowest BCUT2D eigenvalue weighted by molar-refractivity contribution is -0.440. The Labute approximate surface area is 168 Å². The summed E-state index contributed by atoms with van der Waals surface area (Å²) in [6.45, 7) is 0. The molecule has 1 heterocycles. The van der Waals surface area contributed by atoms with Gasteiger partial charge in [0.2, 0.25) is 0 Å². The van der Waals surface area contributed by atoms with Crippen LogP contribution < -0.4 is 0 Å². The molecule has 0 spiro atoms. The fourth-order valence-corrected chi connectivity index (χ4v) is 3.25. The monoisotopic (exact) mass is 496 g/mol. The Morgan fingerprint density at radius 3 is 1.74 bits per heavy atom. The van der Waals surface area contributed by atoms with E-state index >= 15 is 0 Å². The van der Waals surface area contributed by atoms with Gasteiger partial charge in [0.05, 0.1) is 6.10 Å². The third kappa shape index (κ3) is 3.83. The van der Waals surface area contributed by atoms with Gasteiger partial charge in [-0.15, -0.1) is 11.3 Å². The highest BCUT2D eigenvalue weighted by Gasteiger charge is 2.90. The molecule has 0 fully saturated rings. The van der Waals surface area contributed by atoms with Crippen molar-refractivity contribution in [3.63, 3.8) is 0 Å². The average Bonchev–Trinajstić information content (AvgIpc) is 3.07. The number of rotatable bonds is 7. The predicted molar refractivity (Wildman–Crippen MR) is 82.2 cm³/mol. The molecule has 0 aliphatic rings. The van der Waals surface area contributed by atoms with Gasteiger partial charge in [0.1, 0.15) is 0 Å². The van der Waals surface area contributed by atoms with Crippen LogP contribution in [-0.4, -0.2) is 40.9 Å². The zero-order valence-corrected chi connectivity index (χ0v) is 15.3. The first-order chi connectivity index (χ1) is 13.7. The van der Waals surface area contributed by atoms with E-state index < -0.39 is 53.9 Å². The van der Waals surface area contributed by atoms with Gasteiger partial charge in [-0.1, -0.05) is 6.07 Å². The quantitative estimate of drug-likeness (QED) is 0.407. The lowest BCUT2D eigenvalue weighted by atomic mass is 9.90. The molecule has 0 bridgehead atoms. The van der Waals surface area contributed by atoms with Crippen molar-refractivity contribution in [2.24, 2.45) is 0 Å². The first-order valence-corrected chi connectivity index (χ1v) is 8.69. The standard InChI is InChI=1S/C16H9F13OS/c17-11(18,6-9(30)7-1-2-10-8(5-7)3-4-31-10)12(19,20)13(21,22)14(23,24)15(25,26)16(27,28)29/h1-5,9,30H,6H2. The summed E-state index contributed by atoms with van der Waals surface area (Å²) in [5.74, 6) is -37.3. The molecule has 31 heavy (non-hydrogen) atoms. The predicted octanol–water partition coefficient (Wildman–Crippen LogP) is 7.06. The minimum absolute atomic E-state index is 0.304. The van der Waals surface area contributed by atoms with Crippen LogP contribution in [0.4, 0.5) is 57.1 Å². The molecule has 0 aliphatic carbocycles. The molecule has 1 aromatic heterocycles. The van der Waals surface area contributed by atoms with E-state index in [2.05, 4.69) is 0 Å². The molecule has 176 valence electrons. The van der Waals surface area contributed by atoms with Crippen LogP contribution in [0.1, 0.15) is 18.1 Å². The summed E-state index contributed by atoms with van der Waals surface area (Å²) < 4.78 is 171. The van der Waals surface area contributed by atoms with Gasteiger partial charge < -0.3 is 5.11 Å². The Bertz CT molecular complexity index is 931. The van der Waals surface area contributed by atoms with E-state index in [4.69, 9.17) is 0 Å².